The Labute approximate surface area is 152 Å². The number of carbonyl (C=O) groups is 2. The van der Waals surface area contributed by atoms with Gasteiger partial charge in [-0.05, 0) is 44.8 Å². The number of hydrogen-bond acceptors (Lipinski definition) is 5. The Morgan fingerprint density at radius 2 is 1.92 bits per heavy atom. The summed E-state index contributed by atoms with van der Waals surface area (Å²) in [6, 6.07) is 11.8. The Kier molecular flexibility index (Phi) is 5.23. The fraction of sp³-hybridized carbons (Fsp3) is 0.300. The van der Waals surface area contributed by atoms with Gasteiger partial charge in [-0.3, -0.25) is 9.59 Å². The van der Waals surface area contributed by atoms with E-state index in [1.165, 1.54) is 12.3 Å². The Hall–Kier alpha value is -2.86. The number of ketones is 1. The van der Waals surface area contributed by atoms with Crippen LogP contribution in [0.3, 0.4) is 0 Å². The standard InChI is InChI=1S/C20H22N2O4/c1-21(2)11-7-12-22-17(14-8-4-3-5-9-14)16(19(24)20(22)25)18(23)15-10-6-13-26-15/h3-6,8-10,13,17,24H,7,11-12H2,1-2H3/t17-/m1/s1. The minimum absolute atomic E-state index is 0.0704. The maximum atomic E-state index is 12.9. The van der Waals surface area contributed by atoms with Crippen molar-refractivity contribution >= 4 is 11.7 Å². The van der Waals surface area contributed by atoms with Gasteiger partial charge in [0.25, 0.3) is 5.91 Å². The predicted molar refractivity (Wildman–Crippen MR) is 96.8 cm³/mol. The quantitative estimate of drug-likeness (QED) is 0.774. The predicted octanol–water partition coefficient (Wildman–Crippen LogP) is 2.81. The number of rotatable bonds is 7. The second-order valence-corrected chi connectivity index (χ2v) is 6.54. The van der Waals surface area contributed by atoms with E-state index in [2.05, 4.69) is 0 Å². The third-order valence-corrected chi connectivity index (χ3v) is 4.41. The Morgan fingerprint density at radius 1 is 1.19 bits per heavy atom. The normalized spacial score (nSPS) is 17.4. The summed E-state index contributed by atoms with van der Waals surface area (Å²) in [5, 5.41) is 10.5. The summed E-state index contributed by atoms with van der Waals surface area (Å²) in [5.41, 5.74) is 0.852. The molecule has 0 fully saturated rings. The highest BCUT2D eigenvalue weighted by Crippen LogP contribution is 2.38. The maximum Gasteiger partial charge on any atom is 0.290 e. The van der Waals surface area contributed by atoms with Crippen LogP contribution in [0, 0.1) is 0 Å². The molecule has 0 saturated heterocycles. The minimum atomic E-state index is -0.622. The van der Waals surface area contributed by atoms with E-state index in [1.807, 2.05) is 49.3 Å². The molecule has 0 bridgehead atoms. The van der Waals surface area contributed by atoms with Crippen molar-refractivity contribution in [1.82, 2.24) is 9.80 Å². The molecule has 0 spiro atoms. The van der Waals surface area contributed by atoms with Gasteiger partial charge in [-0.2, -0.15) is 0 Å². The van der Waals surface area contributed by atoms with Gasteiger partial charge in [0.05, 0.1) is 17.9 Å². The van der Waals surface area contributed by atoms with E-state index in [9.17, 15) is 14.7 Å². The summed E-state index contributed by atoms with van der Waals surface area (Å²) in [5.74, 6) is -1.38. The van der Waals surface area contributed by atoms with Gasteiger partial charge in [0, 0.05) is 6.54 Å². The van der Waals surface area contributed by atoms with Crippen molar-refractivity contribution in [1.29, 1.82) is 0 Å². The van der Waals surface area contributed by atoms with Crippen molar-refractivity contribution in [3.63, 3.8) is 0 Å². The molecule has 2 heterocycles. The Morgan fingerprint density at radius 3 is 2.54 bits per heavy atom. The first-order valence-electron chi connectivity index (χ1n) is 8.52. The van der Waals surface area contributed by atoms with Crippen LogP contribution in [0.15, 0.2) is 64.5 Å². The molecule has 0 unspecified atom stereocenters. The van der Waals surface area contributed by atoms with Gasteiger partial charge in [0.15, 0.2) is 11.5 Å². The zero-order chi connectivity index (χ0) is 18.7. The van der Waals surface area contributed by atoms with E-state index in [0.29, 0.717) is 6.54 Å². The summed E-state index contributed by atoms with van der Waals surface area (Å²) >= 11 is 0. The molecule has 0 aliphatic carbocycles. The van der Waals surface area contributed by atoms with E-state index in [0.717, 1.165) is 18.5 Å². The highest BCUT2D eigenvalue weighted by molar-refractivity contribution is 6.14. The van der Waals surface area contributed by atoms with Crippen LogP contribution < -0.4 is 0 Å². The van der Waals surface area contributed by atoms with Crippen molar-refractivity contribution in [2.75, 3.05) is 27.2 Å². The van der Waals surface area contributed by atoms with Crippen LogP contribution in [-0.4, -0.2) is 53.8 Å². The minimum Gasteiger partial charge on any atom is -0.503 e. The fourth-order valence-corrected chi connectivity index (χ4v) is 3.20. The first-order valence-corrected chi connectivity index (χ1v) is 8.52. The molecular weight excluding hydrogens is 332 g/mol. The Bertz CT molecular complexity index is 810. The van der Waals surface area contributed by atoms with Crippen molar-refractivity contribution in [3.8, 4) is 0 Å². The van der Waals surface area contributed by atoms with Crippen molar-refractivity contribution in [2.24, 2.45) is 0 Å². The summed E-state index contributed by atoms with van der Waals surface area (Å²) in [6.07, 6.45) is 2.13. The zero-order valence-corrected chi connectivity index (χ0v) is 14.9. The number of nitrogens with zero attached hydrogens (tertiary/aromatic N) is 2. The summed E-state index contributed by atoms with van der Waals surface area (Å²) in [6.45, 7) is 1.24. The van der Waals surface area contributed by atoms with Gasteiger partial charge in [0.2, 0.25) is 5.78 Å². The molecule has 1 amide bonds. The molecule has 26 heavy (non-hydrogen) atoms. The lowest BCUT2D eigenvalue weighted by Gasteiger charge is -2.27. The third-order valence-electron chi connectivity index (χ3n) is 4.41. The van der Waals surface area contributed by atoms with E-state index in [4.69, 9.17) is 4.42 Å². The van der Waals surface area contributed by atoms with Gasteiger partial charge < -0.3 is 19.3 Å². The van der Waals surface area contributed by atoms with Crippen LogP contribution in [0.1, 0.15) is 28.6 Å². The van der Waals surface area contributed by atoms with Gasteiger partial charge in [-0.1, -0.05) is 30.3 Å². The highest BCUT2D eigenvalue weighted by Gasteiger charge is 2.44. The van der Waals surface area contributed by atoms with Gasteiger partial charge in [0.1, 0.15) is 0 Å². The molecule has 2 aromatic rings. The second-order valence-electron chi connectivity index (χ2n) is 6.54. The smallest absolute Gasteiger partial charge is 0.290 e. The molecule has 3 rings (SSSR count). The topological polar surface area (TPSA) is 74.0 Å². The second kappa shape index (κ2) is 7.58. The van der Waals surface area contributed by atoms with Crippen molar-refractivity contribution in [3.05, 3.63) is 71.4 Å². The first-order chi connectivity index (χ1) is 12.5. The van der Waals surface area contributed by atoms with Crippen LogP contribution in [-0.2, 0) is 4.79 Å². The average molecular weight is 354 g/mol. The summed E-state index contributed by atoms with van der Waals surface area (Å²) < 4.78 is 5.19. The van der Waals surface area contributed by atoms with Crippen LogP contribution in [0.5, 0.6) is 0 Å². The third kappa shape index (κ3) is 3.41. The SMILES string of the molecule is CN(C)CCCN1C(=O)C(O)=C(C(=O)c2ccco2)[C@H]1c1ccccc1. The lowest BCUT2D eigenvalue weighted by Crippen LogP contribution is -2.33. The van der Waals surface area contributed by atoms with Crippen LogP contribution in [0.25, 0.3) is 0 Å². The van der Waals surface area contributed by atoms with Crippen LogP contribution >= 0.6 is 0 Å². The number of benzene rings is 1. The number of amides is 1. The number of Topliss-reactive ketones (excluding diaryl/α,β-unsaturated/α-hetero) is 1. The van der Waals surface area contributed by atoms with Crippen LogP contribution in [0.4, 0.5) is 0 Å². The van der Waals surface area contributed by atoms with E-state index in [-0.39, 0.29) is 11.3 Å². The van der Waals surface area contributed by atoms with Crippen LogP contribution in [0.2, 0.25) is 0 Å². The molecule has 1 aromatic heterocycles. The number of aliphatic hydroxyl groups excluding tert-OH is 1. The molecule has 6 nitrogen and oxygen atoms in total. The molecule has 0 saturated carbocycles. The zero-order valence-electron chi connectivity index (χ0n) is 14.9. The Balaban J connectivity index is 1.97. The van der Waals surface area contributed by atoms with Crippen molar-refractivity contribution < 1.29 is 19.1 Å². The molecule has 1 aromatic carbocycles. The maximum absolute atomic E-state index is 12.9. The number of furan rings is 1. The van der Waals surface area contributed by atoms with Gasteiger partial charge in [-0.25, -0.2) is 0 Å². The molecule has 136 valence electrons. The van der Waals surface area contributed by atoms with Gasteiger partial charge >= 0.3 is 0 Å². The molecular formula is C20H22N2O4. The number of aliphatic hydroxyl groups is 1. The van der Waals surface area contributed by atoms with E-state index >= 15 is 0 Å². The lowest BCUT2D eigenvalue weighted by atomic mass is 9.95. The molecule has 1 N–H and O–H groups in total. The largest absolute Gasteiger partial charge is 0.503 e. The average Bonchev–Trinajstić information content (AvgIpc) is 3.24. The highest BCUT2D eigenvalue weighted by atomic mass is 16.3. The number of carbonyl (C=O) groups excluding carboxylic acids is 2. The number of hydrogen-bond donors (Lipinski definition) is 1. The summed E-state index contributed by atoms with van der Waals surface area (Å²) in [4.78, 5) is 29.1. The summed E-state index contributed by atoms with van der Waals surface area (Å²) in [7, 11) is 3.92. The van der Waals surface area contributed by atoms with E-state index < -0.39 is 23.5 Å². The monoisotopic (exact) mass is 354 g/mol. The lowest BCUT2D eigenvalue weighted by molar-refractivity contribution is -0.129. The van der Waals surface area contributed by atoms with Crippen molar-refractivity contribution in [2.45, 2.75) is 12.5 Å². The molecule has 1 aliphatic heterocycles. The molecule has 1 atom stereocenters. The molecule has 6 heteroatoms. The first kappa shape index (κ1) is 17.9. The van der Waals surface area contributed by atoms with E-state index in [1.54, 1.807) is 11.0 Å². The molecule has 0 radical (unpaired) electrons. The molecule has 1 aliphatic rings. The van der Waals surface area contributed by atoms with Gasteiger partial charge in [-0.15, -0.1) is 0 Å². The fourth-order valence-electron chi connectivity index (χ4n) is 3.20.